The number of piperidine rings is 1. The van der Waals surface area contributed by atoms with Crippen molar-refractivity contribution in [1.82, 2.24) is 10.6 Å². The molecule has 0 aliphatic carbocycles. The minimum atomic E-state index is -0.479. The fourth-order valence-electron chi connectivity index (χ4n) is 2.26. The molecular formula is C15H21BrN2O2. The molecule has 1 saturated heterocycles. The third-order valence-electron chi connectivity index (χ3n) is 3.46. The number of halogens is 1. The van der Waals surface area contributed by atoms with Gasteiger partial charge in [0.2, 0.25) is 0 Å². The van der Waals surface area contributed by atoms with Crippen LogP contribution in [0.15, 0.2) is 28.7 Å². The van der Waals surface area contributed by atoms with E-state index in [0.29, 0.717) is 11.7 Å². The number of hydrogen-bond acceptors (Lipinski definition) is 3. The maximum absolute atomic E-state index is 12.0. The van der Waals surface area contributed by atoms with E-state index in [1.807, 2.05) is 24.3 Å². The first kappa shape index (κ1) is 15.3. The van der Waals surface area contributed by atoms with Crippen LogP contribution in [0.25, 0.3) is 0 Å². The lowest BCUT2D eigenvalue weighted by Gasteiger charge is -2.23. The number of nitrogens with one attached hydrogen (secondary N) is 2. The number of rotatable bonds is 5. The molecule has 2 N–H and O–H groups in total. The average molecular weight is 341 g/mol. The van der Waals surface area contributed by atoms with E-state index in [9.17, 15) is 4.79 Å². The van der Waals surface area contributed by atoms with E-state index in [-0.39, 0.29) is 5.91 Å². The zero-order valence-corrected chi connectivity index (χ0v) is 13.3. The van der Waals surface area contributed by atoms with Gasteiger partial charge in [0, 0.05) is 11.0 Å². The summed E-state index contributed by atoms with van der Waals surface area (Å²) in [4.78, 5) is 12.0. The van der Waals surface area contributed by atoms with Gasteiger partial charge < -0.3 is 15.4 Å². The molecule has 0 saturated carbocycles. The highest BCUT2D eigenvalue weighted by Crippen LogP contribution is 2.17. The van der Waals surface area contributed by atoms with E-state index >= 15 is 0 Å². The van der Waals surface area contributed by atoms with Crippen molar-refractivity contribution < 1.29 is 9.53 Å². The predicted octanol–water partition coefficient (Wildman–Crippen LogP) is 2.33. The second kappa shape index (κ2) is 7.64. The summed E-state index contributed by atoms with van der Waals surface area (Å²) < 4.78 is 6.61. The first-order chi connectivity index (χ1) is 9.65. The van der Waals surface area contributed by atoms with Gasteiger partial charge in [-0.05, 0) is 63.0 Å². The van der Waals surface area contributed by atoms with Gasteiger partial charge >= 0.3 is 0 Å². The second-order valence-corrected chi connectivity index (χ2v) is 6.09. The van der Waals surface area contributed by atoms with Crippen LogP contribution in [0.4, 0.5) is 0 Å². The monoisotopic (exact) mass is 340 g/mol. The van der Waals surface area contributed by atoms with Gasteiger partial charge in [-0.2, -0.15) is 0 Å². The number of benzene rings is 1. The summed E-state index contributed by atoms with van der Waals surface area (Å²) in [5, 5.41) is 6.32. The standard InChI is InChI=1S/C15H21BrN2O2/c1-11(20-14-6-4-13(16)5-7-14)15(19)18-10-12-3-2-8-17-9-12/h4-7,11-12,17H,2-3,8-10H2,1H3,(H,18,19). The van der Waals surface area contributed by atoms with Crippen LogP contribution in [-0.4, -0.2) is 31.6 Å². The van der Waals surface area contributed by atoms with Crippen molar-refractivity contribution in [1.29, 1.82) is 0 Å². The van der Waals surface area contributed by atoms with Gasteiger partial charge in [0.1, 0.15) is 5.75 Å². The van der Waals surface area contributed by atoms with Crippen molar-refractivity contribution >= 4 is 21.8 Å². The Morgan fingerprint density at radius 1 is 1.50 bits per heavy atom. The van der Waals surface area contributed by atoms with Gasteiger partial charge in [-0.25, -0.2) is 0 Å². The van der Waals surface area contributed by atoms with Crippen molar-refractivity contribution in [3.8, 4) is 5.75 Å². The Kier molecular flexibility index (Phi) is 5.86. The molecule has 0 aromatic heterocycles. The van der Waals surface area contributed by atoms with Crippen LogP contribution in [-0.2, 0) is 4.79 Å². The molecule has 2 atom stereocenters. The molecule has 4 nitrogen and oxygen atoms in total. The van der Waals surface area contributed by atoms with Crippen LogP contribution in [0.1, 0.15) is 19.8 Å². The molecular weight excluding hydrogens is 320 g/mol. The summed E-state index contributed by atoms with van der Waals surface area (Å²) in [6.45, 7) is 4.58. The molecule has 1 amide bonds. The number of ether oxygens (including phenoxy) is 1. The zero-order chi connectivity index (χ0) is 14.4. The molecule has 20 heavy (non-hydrogen) atoms. The topological polar surface area (TPSA) is 50.4 Å². The van der Waals surface area contributed by atoms with Crippen molar-refractivity contribution in [3.63, 3.8) is 0 Å². The first-order valence-corrected chi connectivity index (χ1v) is 7.85. The molecule has 0 radical (unpaired) electrons. The van der Waals surface area contributed by atoms with Gasteiger partial charge in [-0.1, -0.05) is 15.9 Å². The molecule has 1 aromatic carbocycles. The van der Waals surface area contributed by atoms with Gasteiger partial charge in [-0.3, -0.25) is 4.79 Å². The maximum Gasteiger partial charge on any atom is 0.260 e. The minimum absolute atomic E-state index is 0.0570. The Labute approximate surface area is 128 Å². The molecule has 0 spiro atoms. The summed E-state index contributed by atoms with van der Waals surface area (Å²) in [5.74, 6) is 1.18. The molecule has 110 valence electrons. The van der Waals surface area contributed by atoms with Crippen LogP contribution < -0.4 is 15.4 Å². The van der Waals surface area contributed by atoms with Crippen molar-refractivity contribution in [2.45, 2.75) is 25.9 Å². The van der Waals surface area contributed by atoms with Crippen LogP contribution >= 0.6 is 15.9 Å². The highest BCUT2D eigenvalue weighted by atomic mass is 79.9. The third kappa shape index (κ3) is 4.80. The van der Waals surface area contributed by atoms with Crippen LogP contribution in [0, 0.1) is 5.92 Å². The van der Waals surface area contributed by atoms with E-state index in [1.165, 1.54) is 12.8 Å². The predicted molar refractivity (Wildman–Crippen MR) is 82.8 cm³/mol. The molecule has 2 rings (SSSR count). The SMILES string of the molecule is CC(Oc1ccc(Br)cc1)C(=O)NCC1CCCNC1. The van der Waals surface area contributed by atoms with Crippen LogP contribution in [0.3, 0.4) is 0 Å². The summed E-state index contributed by atoms with van der Waals surface area (Å²) in [7, 11) is 0. The third-order valence-corrected chi connectivity index (χ3v) is 3.99. The second-order valence-electron chi connectivity index (χ2n) is 5.17. The zero-order valence-electron chi connectivity index (χ0n) is 11.7. The average Bonchev–Trinajstić information content (AvgIpc) is 2.48. The fourth-order valence-corrected chi connectivity index (χ4v) is 2.52. The Morgan fingerprint density at radius 2 is 2.25 bits per heavy atom. The fraction of sp³-hybridized carbons (Fsp3) is 0.533. The van der Waals surface area contributed by atoms with Crippen LogP contribution in [0.5, 0.6) is 5.75 Å². The Hall–Kier alpha value is -1.07. The summed E-state index contributed by atoms with van der Waals surface area (Å²) in [6, 6.07) is 7.49. The number of amides is 1. The quantitative estimate of drug-likeness (QED) is 0.864. The van der Waals surface area contributed by atoms with Crippen molar-refractivity contribution in [2.75, 3.05) is 19.6 Å². The van der Waals surface area contributed by atoms with Gasteiger partial charge in [-0.15, -0.1) is 0 Å². The van der Waals surface area contributed by atoms with Crippen molar-refractivity contribution in [3.05, 3.63) is 28.7 Å². The number of hydrogen-bond donors (Lipinski definition) is 2. The van der Waals surface area contributed by atoms with Gasteiger partial charge in [0.05, 0.1) is 0 Å². The first-order valence-electron chi connectivity index (χ1n) is 7.06. The minimum Gasteiger partial charge on any atom is -0.481 e. The van der Waals surface area contributed by atoms with E-state index in [0.717, 1.165) is 24.1 Å². The summed E-state index contributed by atoms with van der Waals surface area (Å²) in [6.07, 6.45) is 1.88. The van der Waals surface area contributed by atoms with Crippen molar-refractivity contribution in [2.24, 2.45) is 5.92 Å². The lowest BCUT2D eigenvalue weighted by molar-refractivity contribution is -0.127. The lowest BCUT2D eigenvalue weighted by Crippen LogP contribution is -2.42. The van der Waals surface area contributed by atoms with E-state index < -0.39 is 6.10 Å². The normalized spacial score (nSPS) is 20.2. The van der Waals surface area contributed by atoms with E-state index in [2.05, 4.69) is 26.6 Å². The number of carbonyl (C=O) groups is 1. The van der Waals surface area contributed by atoms with E-state index in [4.69, 9.17) is 4.74 Å². The summed E-state index contributed by atoms with van der Waals surface area (Å²) in [5.41, 5.74) is 0. The molecule has 5 heteroatoms. The molecule has 1 aliphatic rings. The molecule has 1 aliphatic heterocycles. The van der Waals surface area contributed by atoms with Crippen LogP contribution in [0.2, 0.25) is 0 Å². The Balaban J connectivity index is 1.75. The van der Waals surface area contributed by atoms with E-state index in [1.54, 1.807) is 6.92 Å². The molecule has 1 heterocycles. The molecule has 0 bridgehead atoms. The van der Waals surface area contributed by atoms with Gasteiger partial charge in [0.25, 0.3) is 5.91 Å². The molecule has 1 aromatic rings. The maximum atomic E-state index is 12.0. The number of carbonyl (C=O) groups excluding carboxylic acids is 1. The largest absolute Gasteiger partial charge is 0.481 e. The smallest absolute Gasteiger partial charge is 0.260 e. The Morgan fingerprint density at radius 3 is 2.90 bits per heavy atom. The molecule has 2 unspecified atom stereocenters. The van der Waals surface area contributed by atoms with Gasteiger partial charge in [0.15, 0.2) is 6.10 Å². The summed E-state index contributed by atoms with van der Waals surface area (Å²) >= 11 is 3.37. The molecule has 1 fully saturated rings. The highest BCUT2D eigenvalue weighted by Gasteiger charge is 2.18. The highest BCUT2D eigenvalue weighted by molar-refractivity contribution is 9.10. The Bertz CT molecular complexity index is 430. The lowest BCUT2D eigenvalue weighted by atomic mass is 10.00.